The maximum absolute atomic E-state index is 12.0. The van der Waals surface area contributed by atoms with Crippen molar-refractivity contribution in [3.8, 4) is 0 Å². The van der Waals surface area contributed by atoms with Crippen LogP contribution in [-0.2, 0) is 9.59 Å². The van der Waals surface area contributed by atoms with E-state index in [0.717, 1.165) is 25.7 Å². The highest BCUT2D eigenvalue weighted by Crippen LogP contribution is 2.24. The summed E-state index contributed by atoms with van der Waals surface area (Å²) in [6.07, 6.45) is 4.35. The lowest BCUT2D eigenvalue weighted by Gasteiger charge is -2.36. The van der Waals surface area contributed by atoms with Crippen molar-refractivity contribution in [1.82, 2.24) is 5.32 Å². The lowest BCUT2D eigenvalue weighted by Crippen LogP contribution is -2.52. The number of piperidine rings is 1. The molecule has 98 valence electrons. The number of carboxylic acids is 1. The van der Waals surface area contributed by atoms with Gasteiger partial charge in [-0.15, -0.1) is 0 Å². The molecule has 0 spiro atoms. The Morgan fingerprint density at radius 1 is 1.35 bits per heavy atom. The molecule has 4 heteroatoms. The van der Waals surface area contributed by atoms with Crippen LogP contribution in [0.25, 0.3) is 0 Å². The molecule has 0 amide bonds. The van der Waals surface area contributed by atoms with E-state index in [1.54, 1.807) is 0 Å². The van der Waals surface area contributed by atoms with Crippen molar-refractivity contribution in [3.05, 3.63) is 0 Å². The highest BCUT2D eigenvalue weighted by Gasteiger charge is 2.36. The summed E-state index contributed by atoms with van der Waals surface area (Å²) in [5, 5.41) is 12.3. The summed E-state index contributed by atoms with van der Waals surface area (Å²) in [6, 6.07) is 0.294. The fourth-order valence-corrected chi connectivity index (χ4v) is 2.67. The Labute approximate surface area is 103 Å². The third-order valence-corrected chi connectivity index (χ3v) is 3.43. The van der Waals surface area contributed by atoms with Crippen LogP contribution < -0.4 is 5.32 Å². The zero-order valence-electron chi connectivity index (χ0n) is 10.7. The smallest absolute Gasteiger partial charge is 0.304 e. The summed E-state index contributed by atoms with van der Waals surface area (Å²) >= 11 is 0. The predicted molar refractivity (Wildman–Crippen MR) is 65.9 cm³/mol. The van der Waals surface area contributed by atoms with Crippen LogP contribution in [0.5, 0.6) is 0 Å². The van der Waals surface area contributed by atoms with Crippen molar-refractivity contribution >= 4 is 11.8 Å². The number of ketones is 1. The molecule has 1 fully saturated rings. The largest absolute Gasteiger partial charge is 0.481 e. The highest BCUT2D eigenvalue weighted by molar-refractivity contribution is 5.86. The fraction of sp³-hybridized carbons (Fsp3) is 0.846. The molecule has 0 bridgehead atoms. The van der Waals surface area contributed by atoms with Gasteiger partial charge in [0.2, 0.25) is 0 Å². The molecule has 4 nitrogen and oxygen atoms in total. The van der Waals surface area contributed by atoms with Gasteiger partial charge in [0.1, 0.15) is 5.78 Å². The number of Topliss-reactive ketones (excluding diaryl/α,β-unsaturated/α-hetero) is 1. The van der Waals surface area contributed by atoms with Gasteiger partial charge in [0.05, 0.1) is 6.42 Å². The van der Waals surface area contributed by atoms with Crippen LogP contribution in [0.4, 0.5) is 0 Å². The number of hydrogen-bond acceptors (Lipinski definition) is 3. The zero-order valence-corrected chi connectivity index (χ0v) is 10.7. The second-order valence-electron chi connectivity index (χ2n) is 4.92. The van der Waals surface area contributed by atoms with Gasteiger partial charge < -0.3 is 10.4 Å². The topological polar surface area (TPSA) is 66.4 Å². The molecular weight excluding hydrogens is 218 g/mol. The molecule has 1 rings (SSSR count). The molecule has 2 N–H and O–H groups in total. The number of carbonyl (C=O) groups is 2. The minimum atomic E-state index is -0.875. The van der Waals surface area contributed by atoms with Crippen LogP contribution in [0.15, 0.2) is 0 Å². The first-order valence-electron chi connectivity index (χ1n) is 6.59. The number of hydrogen-bond donors (Lipinski definition) is 2. The summed E-state index contributed by atoms with van der Waals surface area (Å²) in [4.78, 5) is 22.8. The Morgan fingerprint density at radius 2 is 2.00 bits per heavy atom. The van der Waals surface area contributed by atoms with E-state index in [2.05, 4.69) is 19.2 Å². The van der Waals surface area contributed by atoms with Crippen molar-refractivity contribution < 1.29 is 14.7 Å². The fourth-order valence-electron chi connectivity index (χ4n) is 2.67. The molecule has 0 aromatic carbocycles. The Hall–Kier alpha value is -0.900. The first-order valence-corrected chi connectivity index (χ1v) is 6.59. The van der Waals surface area contributed by atoms with Gasteiger partial charge >= 0.3 is 5.97 Å². The van der Waals surface area contributed by atoms with Gasteiger partial charge in [-0.05, 0) is 12.8 Å². The molecule has 1 aliphatic rings. The third-order valence-electron chi connectivity index (χ3n) is 3.43. The van der Waals surface area contributed by atoms with Gasteiger partial charge in [0, 0.05) is 24.4 Å². The van der Waals surface area contributed by atoms with E-state index in [-0.39, 0.29) is 30.2 Å². The summed E-state index contributed by atoms with van der Waals surface area (Å²) < 4.78 is 0. The van der Waals surface area contributed by atoms with Crippen molar-refractivity contribution in [3.63, 3.8) is 0 Å². The standard InChI is InChI=1S/C13H23NO3/c1-3-5-9-7-12(15)10(8-13(16)17)11(14-9)6-4-2/h9-11,14H,3-8H2,1-2H3,(H,16,17). The summed E-state index contributed by atoms with van der Waals surface area (Å²) in [5.41, 5.74) is 0. The Bertz CT molecular complexity index is 278. The number of nitrogens with one attached hydrogen (secondary N) is 1. The number of aliphatic carboxylic acids is 1. The zero-order chi connectivity index (χ0) is 12.8. The average Bonchev–Trinajstić information content (AvgIpc) is 2.23. The van der Waals surface area contributed by atoms with Gasteiger partial charge in [0.25, 0.3) is 0 Å². The van der Waals surface area contributed by atoms with Crippen molar-refractivity contribution in [2.24, 2.45) is 5.92 Å². The summed E-state index contributed by atoms with van der Waals surface area (Å²) in [7, 11) is 0. The second kappa shape index (κ2) is 6.74. The van der Waals surface area contributed by atoms with E-state index >= 15 is 0 Å². The second-order valence-corrected chi connectivity index (χ2v) is 4.92. The molecule has 0 aromatic rings. The molecule has 0 aromatic heterocycles. The maximum Gasteiger partial charge on any atom is 0.304 e. The predicted octanol–water partition coefficient (Wildman–Crippen LogP) is 1.98. The van der Waals surface area contributed by atoms with Gasteiger partial charge in [-0.1, -0.05) is 26.7 Å². The van der Waals surface area contributed by atoms with Crippen LogP contribution in [0.3, 0.4) is 0 Å². The number of carbonyl (C=O) groups excluding carboxylic acids is 1. The van der Waals surface area contributed by atoms with Crippen LogP contribution in [0.2, 0.25) is 0 Å². The Morgan fingerprint density at radius 3 is 2.53 bits per heavy atom. The van der Waals surface area contributed by atoms with Crippen LogP contribution in [0, 0.1) is 5.92 Å². The molecule has 3 unspecified atom stereocenters. The van der Waals surface area contributed by atoms with E-state index in [1.165, 1.54) is 0 Å². The molecule has 3 atom stereocenters. The van der Waals surface area contributed by atoms with E-state index in [4.69, 9.17) is 5.11 Å². The number of rotatable bonds is 6. The minimum Gasteiger partial charge on any atom is -0.481 e. The van der Waals surface area contributed by atoms with E-state index in [0.29, 0.717) is 6.42 Å². The van der Waals surface area contributed by atoms with Gasteiger partial charge in [-0.2, -0.15) is 0 Å². The molecule has 0 aliphatic carbocycles. The Kier molecular flexibility index (Phi) is 5.62. The normalized spacial score (nSPS) is 29.3. The van der Waals surface area contributed by atoms with Crippen LogP contribution >= 0.6 is 0 Å². The van der Waals surface area contributed by atoms with Crippen LogP contribution in [-0.4, -0.2) is 28.9 Å². The van der Waals surface area contributed by atoms with Gasteiger partial charge in [0.15, 0.2) is 0 Å². The lowest BCUT2D eigenvalue weighted by atomic mass is 9.81. The minimum absolute atomic E-state index is 0.0324. The first-order chi connectivity index (χ1) is 8.08. The molecule has 1 heterocycles. The van der Waals surface area contributed by atoms with Gasteiger partial charge in [-0.25, -0.2) is 0 Å². The number of carboxylic acid groups (broad SMARTS) is 1. The van der Waals surface area contributed by atoms with E-state index in [1.807, 2.05) is 0 Å². The van der Waals surface area contributed by atoms with Crippen molar-refractivity contribution in [1.29, 1.82) is 0 Å². The highest BCUT2D eigenvalue weighted by atomic mass is 16.4. The first kappa shape index (κ1) is 14.2. The molecule has 0 saturated carbocycles. The monoisotopic (exact) mass is 241 g/mol. The summed E-state index contributed by atoms with van der Waals surface area (Å²) in [5.74, 6) is -1.08. The lowest BCUT2D eigenvalue weighted by molar-refractivity contribution is -0.142. The quantitative estimate of drug-likeness (QED) is 0.746. The Balaban J connectivity index is 2.68. The molecule has 17 heavy (non-hydrogen) atoms. The molecule has 1 saturated heterocycles. The van der Waals surface area contributed by atoms with Crippen LogP contribution in [0.1, 0.15) is 52.4 Å². The van der Waals surface area contributed by atoms with Crippen molar-refractivity contribution in [2.45, 2.75) is 64.5 Å². The molecule has 1 aliphatic heterocycles. The molecule has 0 radical (unpaired) electrons. The third kappa shape index (κ3) is 4.11. The van der Waals surface area contributed by atoms with E-state index in [9.17, 15) is 9.59 Å². The van der Waals surface area contributed by atoms with E-state index < -0.39 is 5.97 Å². The SMILES string of the molecule is CCCC1CC(=O)C(CC(=O)O)C(CCC)N1. The van der Waals surface area contributed by atoms with Crippen molar-refractivity contribution in [2.75, 3.05) is 0 Å². The molecular formula is C13H23NO3. The summed E-state index contributed by atoms with van der Waals surface area (Å²) in [6.45, 7) is 4.16. The van der Waals surface area contributed by atoms with Gasteiger partial charge in [-0.3, -0.25) is 9.59 Å². The average molecular weight is 241 g/mol. The maximum atomic E-state index is 12.0.